The first-order valence-corrected chi connectivity index (χ1v) is 10.7. The molecule has 5 rings (SSSR count). The number of rotatable bonds is 4. The standard InChI is InChI=1S/C25H17BrFNO4/c1-31-18-9-2-14(3-10-18)13-28-22(15-4-6-16(26)7-5-15)21-23(29)19-12-17(27)8-11-20(19)32-24(21)25(28)30/h2-12,22H,13H2,1H3. The summed E-state index contributed by atoms with van der Waals surface area (Å²) in [4.78, 5) is 28.4. The number of ether oxygens (including phenoxy) is 1. The van der Waals surface area contributed by atoms with Gasteiger partial charge in [-0.2, -0.15) is 0 Å². The maximum absolute atomic E-state index is 13.9. The topological polar surface area (TPSA) is 59.8 Å². The van der Waals surface area contributed by atoms with Crippen molar-refractivity contribution in [2.45, 2.75) is 12.6 Å². The minimum atomic E-state index is -0.656. The van der Waals surface area contributed by atoms with Crippen LogP contribution in [-0.2, 0) is 6.54 Å². The molecule has 0 radical (unpaired) electrons. The van der Waals surface area contributed by atoms with E-state index in [2.05, 4.69) is 15.9 Å². The fourth-order valence-electron chi connectivity index (χ4n) is 4.07. The Morgan fingerprint density at radius 1 is 1.03 bits per heavy atom. The molecule has 1 atom stereocenters. The first kappa shape index (κ1) is 20.5. The molecule has 0 aliphatic carbocycles. The number of halogens is 2. The fourth-order valence-corrected chi connectivity index (χ4v) is 4.34. The Hall–Kier alpha value is -3.45. The molecule has 32 heavy (non-hydrogen) atoms. The van der Waals surface area contributed by atoms with Gasteiger partial charge in [-0.3, -0.25) is 9.59 Å². The van der Waals surface area contributed by atoms with Gasteiger partial charge in [0, 0.05) is 11.0 Å². The third-order valence-electron chi connectivity index (χ3n) is 5.63. The van der Waals surface area contributed by atoms with Gasteiger partial charge in [-0.15, -0.1) is 0 Å². The zero-order valence-corrected chi connectivity index (χ0v) is 18.6. The van der Waals surface area contributed by atoms with Crippen LogP contribution in [0, 0.1) is 5.82 Å². The Morgan fingerprint density at radius 2 is 1.75 bits per heavy atom. The van der Waals surface area contributed by atoms with Crippen LogP contribution in [0.2, 0.25) is 0 Å². The Morgan fingerprint density at radius 3 is 2.44 bits per heavy atom. The summed E-state index contributed by atoms with van der Waals surface area (Å²) in [7, 11) is 1.59. The molecule has 0 saturated heterocycles. The highest BCUT2D eigenvalue weighted by molar-refractivity contribution is 9.10. The summed E-state index contributed by atoms with van der Waals surface area (Å²) in [5.74, 6) is -0.216. The zero-order valence-electron chi connectivity index (χ0n) is 17.0. The molecule has 1 aromatic heterocycles. The SMILES string of the molecule is COc1ccc(CN2C(=O)c3oc4ccc(F)cc4c(=O)c3C2c2ccc(Br)cc2)cc1. The van der Waals surface area contributed by atoms with E-state index in [0.717, 1.165) is 21.7 Å². The van der Waals surface area contributed by atoms with Crippen molar-refractivity contribution in [2.75, 3.05) is 7.11 Å². The molecule has 0 spiro atoms. The van der Waals surface area contributed by atoms with E-state index in [9.17, 15) is 14.0 Å². The average molecular weight is 494 g/mol. The fraction of sp³-hybridized carbons (Fsp3) is 0.120. The summed E-state index contributed by atoms with van der Waals surface area (Å²) in [6, 6.07) is 17.9. The van der Waals surface area contributed by atoms with Gasteiger partial charge in [0.2, 0.25) is 5.76 Å². The monoisotopic (exact) mass is 493 g/mol. The van der Waals surface area contributed by atoms with Gasteiger partial charge in [-0.25, -0.2) is 4.39 Å². The number of fused-ring (bicyclic) bond motifs is 2. The third kappa shape index (κ3) is 3.39. The maximum atomic E-state index is 13.9. The lowest BCUT2D eigenvalue weighted by Crippen LogP contribution is -2.29. The van der Waals surface area contributed by atoms with Crippen molar-refractivity contribution >= 4 is 32.8 Å². The molecule has 1 amide bonds. The molecule has 3 aromatic carbocycles. The van der Waals surface area contributed by atoms with Crippen LogP contribution in [0.4, 0.5) is 4.39 Å². The van der Waals surface area contributed by atoms with Crippen LogP contribution in [0.1, 0.15) is 33.3 Å². The number of carbonyl (C=O) groups excluding carboxylic acids is 1. The Kier molecular flexibility index (Phi) is 5.06. The van der Waals surface area contributed by atoms with Crippen LogP contribution in [0.3, 0.4) is 0 Å². The van der Waals surface area contributed by atoms with Crippen LogP contribution in [0.15, 0.2) is 80.4 Å². The molecule has 2 heterocycles. The van der Waals surface area contributed by atoms with Gasteiger partial charge in [0.25, 0.3) is 5.91 Å². The molecule has 5 nitrogen and oxygen atoms in total. The summed E-state index contributed by atoms with van der Waals surface area (Å²) in [5.41, 5.74) is 1.64. The Bertz CT molecular complexity index is 1400. The number of hydrogen-bond acceptors (Lipinski definition) is 4. The zero-order chi connectivity index (χ0) is 22.4. The first-order chi connectivity index (χ1) is 15.5. The van der Waals surface area contributed by atoms with Crippen molar-refractivity contribution in [2.24, 2.45) is 0 Å². The molecular formula is C25H17BrFNO4. The van der Waals surface area contributed by atoms with Gasteiger partial charge >= 0.3 is 0 Å². The van der Waals surface area contributed by atoms with Gasteiger partial charge in [0.15, 0.2) is 5.43 Å². The van der Waals surface area contributed by atoms with Crippen LogP contribution in [0.5, 0.6) is 5.75 Å². The summed E-state index contributed by atoms with van der Waals surface area (Å²) in [6.07, 6.45) is 0. The van der Waals surface area contributed by atoms with E-state index in [-0.39, 0.29) is 34.7 Å². The van der Waals surface area contributed by atoms with Gasteiger partial charge < -0.3 is 14.1 Å². The van der Waals surface area contributed by atoms with Crippen molar-refractivity contribution in [1.82, 2.24) is 4.90 Å². The molecule has 0 N–H and O–H groups in total. The molecule has 0 bridgehead atoms. The first-order valence-electron chi connectivity index (χ1n) is 9.92. The molecule has 1 aliphatic rings. The Balaban J connectivity index is 1.68. The van der Waals surface area contributed by atoms with Crippen molar-refractivity contribution in [3.8, 4) is 5.75 Å². The van der Waals surface area contributed by atoms with E-state index < -0.39 is 17.3 Å². The van der Waals surface area contributed by atoms with E-state index in [0.29, 0.717) is 5.75 Å². The lowest BCUT2D eigenvalue weighted by molar-refractivity contribution is 0.0714. The van der Waals surface area contributed by atoms with E-state index in [4.69, 9.17) is 9.15 Å². The molecule has 0 fully saturated rings. The summed E-state index contributed by atoms with van der Waals surface area (Å²) < 4.78 is 25.8. The minimum Gasteiger partial charge on any atom is -0.497 e. The van der Waals surface area contributed by atoms with E-state index in [1.165, 1.54) is 12.1 Å². The van der Waals surface area contributed by atoms with Crippen LogP contribution in [0.25, 0.3) is 11.0 Å². The number of nitrogens with zero attached hydrogens (tertiary/aromatic N) is 1. The van der Waals surface area contributed by atoms with Gasteiger partial charge in [-0.1, -0.05) is 40.2 Å². The second kappa shape index (κ2) is 7.91. The predicted octanol–water partition coefficient (Wildman–Crippen LogP) is 5.45. The van der Waals surface area contributed by atoms with E-state index in [1.54, 1.807) is 12.0 Å². The lowest BCUT2D eigenvalue weighted by Gasteiger charge is -2.25. The summed E-state index contributed by atoms with van der Waals surface area (Å²) >= 11 is 3.42. The van der Waals surface area contributed by atoms with Crippen molar-refractivity contribution in [1.29, 1.82) is 0 Å². The Labute approximate surface area is 191 Å². The average Bonchev–Trinajstić information content (AvgIpc) is 3.07. The maximum Gasteiger partial charge on any atom is 0.291 e. The van der Waals surface area contributed by atoms with Crippen LogP contribution >= 0.6 is 15.9 Å². The van der Waals surface area contributed by atoms with Crippen LogP contribution in [-0.4, -0.2) is 17.9 Å². The third-order valence-corrected chi connectivity index (χ3v) is 6.15. The van der Waals surface area contributed by atoms with Gasteiger partial charge in [-0.05, 0) is 53.6 Å². The molecule has 1 unspecified atom stereocenters. The molecule has 1 aliphatic heterocycles. The van der Waals surface area contributed by atoms with Gasteiger partial charge in [0.1, 0.15) is 17.1 Å². The number of benzene rings is 3. The molecule has 160 valence electrons. The molecular weight excluding hydrogens is 477 g/mol. The summed E-state index contributed by atoms with van der Waals surface area (Å²) in [6.45, 7) is 0.262. The summed E-state index contributed by atoms with van der Waals surface area (Å²) in [5, 5.41) is 0.116. The second-order valence-electron chi connectivity index (χ2n) is 7.55. The molecule has 4 aromatic rings. The van der Waals surface area contributed by atoms with Crippen molar-refractivity contribution in [3.05, 3.63) is 110 Å². The number of amides is 1. The predicted molar refractivity (Wildman–Crippen MR) is 121 cm³/mol. The largest absolute Gasteiger partial charge is 0.497 e. The number of methoxy groups -OCH3 is 1. The number of hydrogen-bond donors (Lipinski definition) is 0. The normalized spacial score (nSPS) is 15.3. The van der Waals surface area contributed by atoms with Gasteiger partial charge in [0.05, 0.1) is 24.1 Å². The highest BCUT2D eigenvalue weighted by Crippen LogP contribution is 2.39. The lowest BCUT2D eigenvalue weighted by atomic mass is 9.98. The van der Waals surface area contributed by atoms with Crippen LogP contribution < -0.4 is 10.2 Å². The quantitative estimate of drug-likeness (QED) is 0.379. The van der Waals surface area contributed by atoms with Crippen molar-refractivity contribution < 1.29 is 18.3 Å². The second-order valence-corrected chi connectivity index (χ2v) is 8.47. The smallest absolute Gasteiger partial charge is 0.291 e. The van der Waals surface area contributed by atoms with Crippen molar-refractivity contribution in [3.63, 3.8) is 0 Å². The number of carbonyl (C=O) groups is 1. The highest BCUT2D eigenvalue weighted by Gasteiger charge is 2.42. The minimum absolute atomic E-state index is 0.00413. The van der Waals surface area contributed by atoms with E-state index in [1.807, 2.05) is 48.5 Å². The molecule has 7 heteroatoms. The molecule has 0 saturated carbocycles. The highest BCUT2D eigenvalue weighted by atomic mass is 79.9. The van der Waals surface area contributed by atoms with E-state index >= 15 is 0 Å².